The van der Waals surface area contributed by atoms with Gasteiger partial charge in [-0.1, -0.05) is 6.07 Å². The fraction of sp³-hybridized carbons (Fsp3) is 0.706. The zero-order valence-corrected chi connectivity index (χ0v) is 15.0. The molecule has 6 heteroatoms. The van der Waals surface area contributed by atoms with Crippen LogP contribution in [-0.2, 0) is 9.47 Å². The van der Waals surface area contributed by atoms with Crippen LogP contribution in [0.25, 0.3) is 0 Å². The molecular formula is C17H29N3O2S. The molecule has 1 aliphatic rings. The van der Waals surface area contributed by atoms with Gasteiger partial charge < -0.3 is 20.1 Å². The fourth-order valence-electron chi connectivity index (χ4n) is 2.59. The summed E-state index contributed by atoms with van der Waals surface area (Å²) in [6.45, 7) is 5.47. The van der Waals surface area contributed by atoms with Crippen molar-refractivity contribution in [2.75, 3.05) is 33.4 Å². The van der Waals surface area contributed by atoms with Crippen molar-refractivity contribution in [1.29, 1.82) is 0 Å². The molecule has 0 unspecified atom stereocenters. The molecule has 1 aliphatic heterocycles. The summed E-state index contributed by atoms with van der Waals surface area (Å²) in [6, 6.07) is 4.49. The zero-order chi connectivity index (χ0) is 16.3. The number of hydrogen-bond acceptors (Lipinski definition) is 4. The molecule has 0 radical (unpaired) electrons. The van der Waals surface area contributed by atoms with Crippen LogP contribution in [0.1, 0.15) is 43.5 Å². The molecule has 0 aromatic carbocycles. The molecule has 5 nitrogen and oxygen atoms in total. The quantitative estimate of drug-likeness (QED) is 0.413. The molecule has 1 aromatic rings. The summed E-state index contributed by atoms with van der Waals surface area (Å²) in [7, 11) is 1.72. The second kappa shape index (κ2) is 10.6. The molecule has 2 rings (SSSR count). The van der Waals surface area contributed by atoms with Crippen LogP contribution >= 0.6 is 11.3 Å². The summed E-state index contributed by atoms with van der Waals surface area (Å²) >= 11 is 1.76. The second-order valence-electron chi connectivity index (χ2n) is 5.81. The third-order valence-corrected chi connectivity index (χ3v) is 4.94. The van der Waals surface area contributed by atoms with Gasteiger partial charge in [0.1, 0.15) is 0 Å². The van der Waals surface area contributed by atoms with E-state index in [4.69, 9.17) is 9.47 Å². The predicted molar refractivity (Wildman–Crippen MR) is 96.3 cm³/mol. The van der Waals surface area contributed by atoms with Crippen molar-refractivity contribution in [2.24, 2.45) is 4.99 Å². The van der Waals surface area contributed by atoms with Gasteiger partial charge in [-0.3, -0.25) is 4.99 Å². The minimum Gasteiger partial charge on any atom is -0.385 e. The van der Waals surface area contributed by atoms with E-state index in [1.165, 1.54) is 17.7 Å². The molecule has 0 amide bonds. The van der Waals surface area contributed by atoms with Crippen LogP contribution < -0.4 is 10.6 Å². The molecule has 1 saturated heterocycles. The highest BCUT2D eigenvalue weighted by Gasteiger charge is 2.15. The highest BCUT2D eigenvalue weighted by atomic mass is 32.1. The van der Waals surface area contributed by atoms with E-state index in [0.29, 0.717) is 6.10 Å². The van der Waals surface area contributed by atoms with Crippen molar-refractivity contribution in [3.05, 3.63) is 22.4 Å². The maximum Gasteiger partial charge on any atom is 0.191 e. The van der Waals surface area contributed by atoms with Gasteiger partial charge in [0.2, 0.25) is 0 Å². The van der Waals surface area contributed by atoms with Gasteiger partial charge >= 0.3 is 0 Å². The number of nitrogens with zero attached hydrogens (tertiary/aromatic N) is 1. The molecule has 130 valence electrons. The minimum absolute atomic E-state index is 0.256. The Morgan fingerprint density at radius 1 is 1.57 bits per heavy atom. The van der Waals surface area contributed by atoms with Crippen molar-refractivity contribution < 1.29 is 9.47 Å². The average molecular weight is 340 g/mol. The number of methoxy groups -OCH3 is 1. The van der Waals surface area contributed by atoms with Crippen LogP contribution in [0.5, 0.6) is 0 Å². The molecule has 0 aliphatic carbocycles. The summed E-state index contributed by atoms with van der Waals surface area (Å²) in [5.74, 6) is 0.875. The SMILES string of the molecule is COCCCN=C(NCC[C@@H]1CCCO1)N[C@H](C)c1cccs1. The van der Waals surface area contributed by atoms with E-state index >= 15 is 0 Å². The third kappa shape index (κ3) is 6.89. The van der Waals surface area contributed by atoms with Gasteiger partial charge in [0, 0.05) is 38.3 Å². The molecule has 0 bridgehead atoms. The maximum atomic E-state index is 5.67. The van der Waals surface area contributed by atoms with Crippen molar-refractivity contribution in [3.63, 3.8) is 0 Å². The van der Waals surface area contributed by atoms with Crippen molar-refractivity contribution in [3.8, 4) is 0 Å². The van der Waals surface area contributed by atoms with Crippen LogP contribution in [0.15, 0.2) is 22.5 Å². The summed E-state index contributed by atoms with van der Waals surface area (Å²) in [5.41, 5.74) is 0. The van der Waals surface area contributed by atoms with E-state index in [1.807, 2.05) is 0 Å². The van der Waals surface area contributed by atoms with E-state index in [1.54, 1.807) is 18.4 Å². The number of guanidine groups is 1. The first-order valence-corrected chi connectivity index (χ1v) is 9.36. The summed E-state index contributed by atoms with van der Waals surface area (Å²) in [4.78, 5) is 5.97. The van der Waals surface area contributed by atoms with Crippen LogP contribution in [0.2, 0.25) is 0 Å². The zero-order valence-electron chi connectivity index (χ0n) is 14.2. The normalized spacial score (nSPS) is 19.7. The Morgan fingerprint density at radius 2 is 2.48 bits per heavy atom. The first kappa shape index (κ1) is 18.2. The van der Waals surface area contributed by atoms with Gasteiger partial charge in [-0.2, -0.15) is 0 Å². The van der Waals surface area contributed by atoms with E-state index < -0.39 is 0 Å². The van der Waals surface area contributed by atoms with Gasteiger partial charge in [0.25, 0.3) is 0 Å². The monoisotopic (exact) mass is 339 g/mol. The molecule has 2 N–H and O–H groups in total. The lowest BCUT2D eigenvalue weighted by atomic mass is 10.2. The van der Waals surface area contributed by atoms with Gasteiger partial charge in [0.15, 0.2) is 5.96 Å². The molecule has 2 atom stereocenters. The van der Waals surface area contributed by atoms with Crippen LogP contribution in [0.4, 0.5) is 0 Å². The van der Waals surface area contributed by atoms with E-state index in [9.17, 15) is 0 Å². The number of thiophene rings is 1. The van der Waals surface area contributed by atoms with Crippen molar-refractivity contribution in [1.82, 2.24) is 10.6 Å². The summed E-state index contributed by atoms with van der Waals surface area (Å²) in [5, 5.41) is 9.03. The Bertz CT molecular complexity index is 445. The molecule has 1 fully saturated rings. The molecule has 0 spiro atoms. The second-order valence-corrected chi connectivity index (χ2v) is 6.79. The highest BCUT2D eigenvalue weighted by Crippen LogP contribution is 2.18. The largest absolute Gasteiger partial charge is 0.385 e. The summed E-state index contributed by atoms with van der Waals surface area (Å²) in [6.07, 6.45) is 4.75. The number of rotatable bonds is 9. The number of aliphatic imine (C=N–C) groups is 1. The maximum absolute atomic E-state index is 5.67. The lowest BCUT2D eigenvalue weighted by Crippen LogP contribution is -2.40. The topological polar surface area (TPSA) is 54.9 Å². The van der Waals surface area contributed by atoms with Crippen molar-refractivity contribution in [2.45, 2.75) is 44.8 Å². The van der Waals surface area contributed by atoms with Crippen LogP contribution in [0.3, 0.4) is 0 Å². The Balaban J connectivity index is 1.80. The van der Waals surface area contributed by atoms with Crippen LogP contribution in [-0.4, -0.2) is 45.5 Å². The lowest BCUT2D eigenvalue weighted by Gasteiger charge is -2.18. The number of nitrogens with one attached hydrogen (secondary N) is 2. The summed E-state index contributed by atoms with van der Waals surface area (Å²) < 4.78 is 10.8. The van der Waals surface area contributed by atoms with Crippen LogP contribution in [0, 0.1) is 0 Å². The van der Waals surface area contributed by atoms with Gasteiger partial charge in [-0.15, -0.1) is 11.3 Å². The standard InChI is InChI=1S/C17H29N3O2S/c1-14(16-7-4-13-23-16)20-17(18-9-5-11-21-2)19-10-8-15-6-3-12-22-15/h4,7,13-15H,3,5-6,8-12H2,1-2H3,(H2,18,19,20)/t14-,15+/m1/s1. The fourth-order valence-corrected chi connectivity index (χ4v) is 3.32. The van der Waals surface area contributed by atoms with Crippen molar-refractivity contribution >= 4 is 17.3 Å². The molecule has 1 aromatic heterocycles. The minimum atomic E-state index is 0.256. The smallest absolute Gasteiger partial charge is 0.191 e. The molecule has 23 heavy (non-hydrogen) atoms. The number of ether oxygens (including phenoxy) is 2. The Labute approximate surface area is 143 Å². The van der Waals surface area contributed by atoms with E-state index in [-0.39, 0.29) is 6.04 Å². The lowest BCUT2D eigenvalue weighted by molar-refractivity contribution is 0.105. The predicted octanol–water partition coefficient (Wildman–Crippen LogP) is 2.95. The highest BCUT2D eigenvalue weighted by molar-refractivity contribution is 7.10. The Morgan fingerprint density at radius 3 is 3.17 bits per heavy atom. The Kier molecular flexibility index (Phi) is 8.42. The first-order chi connectivity index (χ1) is 11.3. The third-order valence-electron chi connectivity index (χ3n) is 3.88. The van der Waals surface area contributed by atoms with E-state index in [0.717, 1.165) is 45.1 Å². The average Bonchev–Trinajstić information content (AvgIpc) is 3.24. The molecule has 0 saturated carbocycles. The Hall–Kier alpha value is -1.11. The van der Waals surface area contributed by atoms with Gasteiger partial charge in [-0.05, 0) is 44.1 Å². The molecule has 2 heterocycles. The first-order valence-electron chi connectivity index (χ1n) is 8.48. The van der Waals surface area contributed by atoms with Gasteiger partial charge in [-0.25, -0.2) is 0 Å². The number of hydrogen-bond donors (Lipinski definition) is 2. The van der Waals surface area contributed by atoms with E-state index in [2.05, 4.69) is 40.1 Å². The van der Waals surface area contributed by atoms with Gasteiger partial charge in [0.05, 0.1) is 12.1 Å². The molecular weight excluding hydrogens is 310 g/mol.